The number of nitrogens with zero attached hydrogens (tertiary/aromatic N) is 3. The number of aryl methyl sites for hydroxylation is 1. The van der Waals surface area contributed by atoms with Gasteiger partial charge in [-0.3, -0.25) is 9.59 Å². The van der Waals surface area contributed by atoms with Gasteiger partial charge >= 0.3 is 0 Å². The number of ether oxygens (including phenoxy) is 1. The summed E-state index contributed by atoms with van der Waals surface area (Å²) >= 11 is 0. The van der Waals surface area contributed by atoms with Crippen molar-refractivity contribution in [2.45, 2.75) is 83.1 Å². The van der Waals surface area contributed by atoms with Crippen LogP contribution >= 0.6 is 0 Å². The van der Waals surface area contributed by atoms with Crippen molar-refractivity contribution in [3.8, 4) is 5.75 Å². The number of carbonyl (C=O) groups excluding carboxylic acids is 2. The molecular formula is C27H38N4O4. The largest absolute Gasteiger partial charge is 0.497 e. The third-order valence-electron chi connectivity index (χ3n) is 7.32. The van der Waals surface area contributed by atoms with Gasteiger partial charge in [0.05, 0.1) is 13.0 Å². The van der Waals surface area contributed by atoms with Gasteiger partial charge in [-0.15, -0.1) is 0 Å². The van der Waals surface area contributed by atoms with E-state index in [1.54, 1.807) is 7.11 Å². The maximum Gasteiger partial charge on any atom is 0.229 e. The van der Waals surface area contributed by atoms with Crippen molar-refractivity contribution in [2.24, 2.45) is 5.92 Å². The van der Waals surface area contributed by atoms with Crippen LogP contribution in [0.15, 0.2) is 28.8 Å². The molecule has 190 valence electrons. The van der Waals surface area contributed by atoms with Gasteiger partial charge in [0, 0.05) is 37.4 Å². The average molecular weight is 483 g/mol. The van der Waals surface area contributed by atoms with Crippen molar-refractivity contribution in [3.63, 3.8) is 0 Å². The molecule has 2 amide bonds. The number of fused-ring (bicyclic) bond motifs is 1. The van der Waals surface area contributed by atoms with Crippen LogP contribution in [0, 0.1) is 5.92 Å². The van der Waals surface area contributed by atoms with Gasteiger partial charge in [0.1, 0.15) is 5.75 Å². The molecule has 1 aromatic carbocycles. The predicted molar refractivity (Wildman–Crippen MR) is 132 cm³/mol. The second kappa shape index (κ2) is 11.7. The molecule has 1 N–H and O–H groups in total. The van der Waals surface area contributed by atoms with Gasteiger partial charge in [0.25, 0.3) is 0 Å². The molecule has 0 spiro atoms. The van der Waals surface area contributed by atoms with Gasteiger partial charge in [-0.2, -0.15) is 4.98 Å². The minimum Gasteiger partial charge on any atom is -0.497 e. The monoisotopic (exact) mass is 482 g/mol. The minimum absolute atomic E-state index is 0.0180. The van der Waals surface area contributed by atoms with Crippen LogP contribution in [0.4, 0.5) is 0 Å². The molecule has 8 heteroatoms. The molecular weight excluding hydrogens is 444 g/mol. The van der Waals surface area contributed by atoms with Crippen molar-refractivity contribution < 1.29 is 18.8 Å². The van der Waals surface area contributed by atoms with Gasteiger partial charge < -0.3 is 19.5 Å². The van der Waals surface area contributed by atoms with Crippen molar-refractivity contribution in [1.82, 2.24) is 20.4 Å². The molecule has 2 aromatic rings. The highest BCUT2D eigenvalue weighted by molar-refractivity contribution is 5.82. The summed E-state index contributed by atoms with van der Waals surface area (Å²) < 4.78 is 10.8. The third kappa shape index (κ3) is 6.21. The Labute approximate surface area is 207 Å². The lowest BCUT2D eigenvalue weighted by molar-refractivity contribution is -0.136. The molecule has 0 radical (unpaired) electrons. The summed E-state index contributed by atoms with van der Waals surface area (Å²) in [5.74, 6) is 2.12. The fourth-order valence-corrected chi connectivity index (χ4v) is 5.26. The number of carbonyl (C=O) groups is 2. The van der Waals surface area contributed by atoms with E-state index in [1.165, 1.54) is 0 Å². The van der Waals surface area contributed by atoms with E-state index >= 15 is 0 Å². The topological polar surface area (TPSA) is 97.6 Å². The summed E-state index contributed by atoms with van der Waals surface area (Å²) in [6.45, 7) is 5.44. The Morgan fingerprint density at radius 3 is 2.66 bits per heavy atom. The van der Waals surface area contributed by atoms with E-state index in [-0.39, 0.29) is 35.6 Å². The Hall–Kier alpha value is -2.90. The van der Waals surface area contributed by atoms with Crippen LogP contribution in [0.25, 0.3) is 0 Å². The van der Waals surface area contributed by atoms with Crippen LogP contribution in [0.3, 0.4) is 0 Å². The number of benzene rings is 1. The molecule has 2 fully saturated rings. The zero-order valence-corrected chi connectivity index (χ0v) is 21.2. The first-order chi connectivity index (χ1) is 17.0. The van der Waals surface area contributed by atoms with Crippen molar-refractivity contribution in [3.05, 3.63) is 41.5 Å². The van der Waals surface area contributed by atoms with E-state index in [2.05, 4.69) is 15.5 Å². The molecule has 1 aliphatic carbocycles. The number of hydrogen-bond acceptors (Lipinski definition) is 6. The fraction of sp³-hybridized carbons (Fsp3) is 0.630. The number of hydrogen-bond donors (Lipinski definition) is 1. The summed E-state index contributed by atoms with van der Waals surface area (Å²) in [6, 6.07) is 7.69. The lowest BCUT2D eigenvalue weighted by atomic mass is 9.99. The molecule has 3 atom stereocenters. The number of nitrogens with one attached hydrogen (secondary N) is 1. The minimum atomic E-state index is -0.266. The first-order valence-electron chi connectivity index (χ1n) is 13.0. The van der Waals surface area contributed by atoms with E-state index in [1.807, 2.05) is 43.0 Å². The Bertz CT molecular complexity index is 987. The van der Waals surface area contributed by atoms with E-state index in [0.29, 0.717) is 50.5 Å². The summed E-state index contributed by atoms with van der Waals surface area (Å²) in [5, 5.41) is 7.25. The molecule has 1 aliphatic heterocycles. The Morgan fingerprint density at radius 2 is 1.94 bits per heavy atom. The zero-order chi connectivity index (χ0) is 24.8. The predicted octanol–water partition coefficient (Wildman–Crippen LogP) is 4.22. The molecule has 2 aliphatic rings. The van der Waals surface area contributed by atoms with Gasteiger partial charge in [-0.1, -0.05) is 44.0 Å². The molecule has 35 heavy (non-hydrogen) atoms. The van der Waals surface area contributed by atoms with Crippen LogP contribution < -0.4 is 10.1 Å². The number of aromatic nitrogens is 2. The first kappa shape index (κ1) is 25.2. The molecule has 3 unspecified atom stereocenters. The maximum absolute atomic E-state index is 13.5. The van der Waals surface area contributed by atoms with Crippen LogP contribution in [0.2, 0.25) is 0 Å². The highest BCUT2D eigenvalue weighted by atomic mass is 16.5. The van der Waals surface area contributed by atoms with Crippen LogP contribution in [-0.2, 0) is 16.0 Å². The summed E-state index contributed by atoms with van der Waals surface area (Å²) in [6.07, 6.45) is 6.42. The van der Waals surface area contributed by atoms with Gasteiger partial charge in [-0.25, -0.2) is 0 Å². The average Bonchev–Trinajstić information content (AvgIpc) is 3.52. The lowest BCUT2D eigenvalue weighted by Gasteiger charge is -2.33. The quantitative estimate of drug-likeness (QED) is 0.662. The van der Waals surface area contributed by atoms with Crippen LogP contribution in [0.5, 0.6) is 5.75 Å². The van der Waals surface area contributed by atoms with Gasteiger partial charge in [-0.05, 0) is 49.8 Å². The second-order valence-electron chi connectivity index (χ2n) is 10.1. The van der Waals surface area contributed by atoms with Crippen molar-refractivity contribution in [2.75, 3.05) is 20.2 Å². The smallest absolute Gasteiger partial charge is 0.229 e. The van der Waals surface area contributed by atoms with Crippen molar-refractivity contribution in [1.29, 1.82) is 0 Å². The normalized spacial score (nSPS) is 23.5. The Kier molecular flexibility index (Phi) is 8.42. The summed E-state index contributed by atoms with van der Waals surface area (Å²) in [4.78, 5) is 33.3. The third-order valence-corrected chi connectivity index (χ3v) is 7.32. The molecule has 1 saturated heterocycles. The lowest BCUT2D eigenvalue weighted by Crippen LogP contribution is -2.47. The number of rotatable bonds is 6. The van der Waals surface area contributed by atoms with E-state index in [4.69, 9.17) is 9.26 Å². The molecule has 4 rings (SSSR count). The highest BCUT2D eigenvalue weighted by Crippen LogP contribution is 2.41. The Morgan fingerprint density at radius 1 is 1.17 bits per heavy atom. The first-order valence-corrected chi connectivity index (χ1v) is 13.0. The second-order valence-corrected chi connectivity index (χ2v) is 10.1. The fourth-order valence-electron chi connectivity index (χ4n) is 5.26. The van der Waals surface area contributed by atoms with E-state index in [9.17, 15) is 9.59 Å². The number of methoxy groups -OCH3 is 1. The van der Waals surface area contributed by atoms with E-state index in [0.717, 1.165) is 37.0 Å². The van der Waals surface area contributed by atoms with Crippen LogP contribution in [0.1, 0.15) is 87.9 Å². The highest BCUT2D eigenvalue weighted by Gasteiger charge is 2.45. The standard InChI is InChI=1S/C27H38N4O4/c1-18(2)25-29-27(35-30-25)20-16-22-23(17-20)31(15-7-5-4-6-14-28-26(22)33)24(32)13-10-19-8-11-21(34-3)12-9-19/h8-9,11-12,18,20,22-23H,4-7,10,13-17H2,1-3H3,(H,28,33). The molecule has 2 heterocycles. The van der Waals surface area contributed by atoms with Crippen molar-refractivity contribution >= 4 is 11.8 Å². The maximum atomic E-state index is 13.5. The summed E-state index contributed by atoms with van der Waals surface area (Å²) in [5.41, 5.74) is 1.10. The van der Waals surface area contributed by atoms with E-state index < -0.39 is 0 Å². The van der Waals surface area contributed by atoms with Gasteiger partial charge in [0.2, 0.25) is 17.7 Å². The SMILES string of the molecule is COc1ccc(CCC(=O)N2CCCCCCNC(=O)C3CC(c4nc(C(C)C)no4)CC32)cc1. The molecule has 1 saturated carbocycles. The van der Waals surface area contributed by atoms with Crippen LogP contribution in [-0.4, -0.2) is 53.1 Å². The molecule has 1 aromatic heterocycles. The molecule has 8 nitrogen and oxygen atoms in total. The number of amides is 2. The zero-order valence-electron chi connectivity index (χ0n) is 21.2. The van der Waals surface area contributed by atoms with Gasteiger partial charge in [0.15, 0.2) is 5.82 Å². The Balaban J connectivity index is 1.52. The summed E-state index contributed by atoms with van der Waals surface area (Å²) in [7, 11) is 1.65. The molecule has 0 bridgehead atoms.